The zero-order valence-electron chi connectivity index (χ0n) is 7.91. The van der Waals surface area contributed by atoms with Crippen molar-refractivity contribution in [3.63, 3.8) is 0 Å². The van der Waals surface area contributed by atoms with E-state index >= 15 is 0 Å². The molecule has 0 amide bonds. The summed E-state index contributed by atoms with van der Waals surface area (Å²) in [4.78, 5) is 3.33. The molecule has 0 saturated carbocycles. The number of aromatic nitrogens is 1. The van der Waals surface area contributed by atoms with Crippen LogP contribution in [-0.2, 0) is 9.05 Å². The van der Waals surface area contributed by atoms with Crippen molar-refractivity contribution in [1.82, 2.24) is 4.98 Å². The molecule has 86 valence electrons. The van der Waals surface area contributed by atoms with Gasteiger partial charge in [0.1, 0.15) is 6.07 Å². The standard InChI is InChI=1S/C8H5ClF2N2O2S/c1-4-3-13-8(16(9,14)15)6(7(10)11)5(4)2-12/h3,7H,1H3. The Morgan fingerprint density at radius 1 is 1.56 bits per heavy atom. The fraction of sp³-hybridized carbons (Fsp3) is 0.250. The largest absolute Gasteiger partial charge is 0.279 e. The summed E-state index contributed by atoms with van der Waals surface area (Å²) in [6.07, 6.45) is -2.12. The van der Waals surface area contributed by atoms with E-state index < -0.39 is 31.6 Å². The first-order valence-electron chi connectivity index (χ1n) is 3.91. The van der Waals surface area contributed by atoms with Crippen LogP contribution in [0, 0.1) is 18.3 Å². The van der Waals surface area contributed by atoms with Gasteiger partial charge in [-0.15, -0.1) is 0 Å². The number of hydrogen-bond acceptors (Lipinski definition) is 4. The van der Waals surface area contributed by atoms with Crippen molar-refractivity contribution in [2.75, 3.05) is 0 Å². The highest BCUT2D eigenvalue weighted by atomic mass is 35.7. The van der Waals surface area contributed by atoms with Gasteiger partial charge in [-0.2, -0.15) is 5.26 Å². The molecule has 0 fully saturated rings. The summed E-state index contributed by atoms with van der Waals surface area (Å²) in [6, 6.07) is 1.51. The van der Waals surface area contributed by atoms with Crippen LogP contribution in [-0.4, -0.2) is 13.4 Å². The molecule has 0 radical (unpaired) electrons. The molecule has 16 heavy (non-hydrogen) atoms. The topological polar surface area (TPSA) is 70.8 Å². The quantitative estimate of drug-likeness (QED) is 0.769. The zero-order valence-corrected chi connectivity index (χ0v) is 9.48. The maximum Gasteiger partial charge on any atom is 0.279 e. The Balaban J connectivity index is 3.74. The maximum absolute atomic E-state index is 12.7. The van der Waals surface area contributed by atoms with Gasteiger partial charge in [-0.25, -0.2) is 22.2 Å². The fourth-order valence-electron chi connectivity index (χ4n) is 1.15. The second-order valence-corrected chi connectivity index (χ2v) is 5.37. The highest BCUT2D eigenvalue weighted by Gasteiger charge is 2.27. The molecule has 0 N–H and O–H groups in total. The molecule has 0 spiro atoms. The van der Waals surface area contributed by atoms with Crippen molar-refractivity contribution in [3.05, 3.63) is 22.9 Å². The fourth-order valence-corrected chi connectivity index (χ4v) is 2.16. The zero-order chi connectivity index (χ0) is 12.5. The highest BCUT2D eigenvalue weighted by Crippen LogP contribution is 2.31. The minimum absolute atomic E-state index is 0.168. The van der Waals surface area contributed by atoms with Crippen molar-refractivity contribution >= 4 is 19.7 Å². The monoisotopic (exact) mass is 266 g/mol. The molecule has 0 aromatic carbocycles. The maximum atomic E-state index is 12.7. The molecule has 0 aliphatic carbocycles. The van der Waals surface area contributed by atoms with Crippen LogP contribution in [0.1, 0.15) is 23.1 Å². The first-order chi connectivity index (χ1) is 7.29. The van der Waals surface area contributed by atoms with E-state index in [0.717, 1.165) is 6.20 Å². The number of hydrogen-bond donors (Lipinski definition) is 0. The van der Waals surface area contributed by atoms with E-state index in [0.29, 0.717) is 0 Å². The van der Waals surface area contributed by atoms with Crippen LogP contribution < -0.4 is 0 Å². The summed E-state index contributed by atoms with van der Waals surface area (Å²) >= 11 is 0. The molecule has 1 aromatic heterocycles. The lowest BCUT2D eigenvalue weighted by molar-refractivity contribution is 0.146. The van der Waals surface area contributed by atoms with E-state index in [1.165, 1.54) is 13.0 Å². The van der Waals surface area contributed by atoms with Crippen LogP contribution >= 0.6 is 10.7 Å². The van der Waals surface area contributed by atoms with Gasteiger partial charge in [-0.05, 0) is 12.5 Å². The number of nitriles is 1. The summed E-state index contributed by atoms with van der Waals surface area (Å²) in [7, 11) is 0.558. The SMILES string of the molecule is Cc1cnc(S(=O)(=O)Cl)c(C(F)F)c1C#N. The number of aryl methyl sites for hydroxylation is 1. The van der Waals surface area contributed by atoms with Gasteiger partial charge in [0, 0.05) is 16.9 Å². The van der Waals surface area contributed by atoms with Crippen LogP contribution in [0.15, 0.2) is 11.2 Å². The van der Waals surface area contributed by atoms with E-state index in [9.17, 15) is 17.2 Å². The third-order valence-corrected chi connectivity index (χ3v) is 3.06. The highest BCUT2D eigenvalue weighted by molar-refractivity contribution is 8.13. The van der Waals surface area contributed by atoms with Crippen molar-refractivity contribution in [3.8, 4) is 6.07 Å². The van der Waals surface area contributed by atoms with Crippen LogP contribution in [0.4, 0.5) is 8.78 Å². The van der Waals surface area contributed by atoms with E-state index in [4.69, 9.17) is 15.9 Å². The Morgan fingerprint density at radius 3 is 2.50 bits per heavy atom. The van der Waals surface area contributed by atoms with Crippen molar-refractivity contribution in [1.29, 1.82) is 5.26 Å². The number of nitrogens with zero attached hydrogens (tertiary/aromatic N) is 2. The van der Waals surface area contributed by atoms with Crippen LogP contribution in [0.5, 0.6) is 0 Å². The van der Waals surface area contributed by atoms with Gasteiger partial charge in [0.15, 0.2) is 5.03 Å². The Hall–Kier alpha value is -1.26. The van der Waals surface area contributed by atoms with E-state index in [2.05, 4.69) is 4.98 Å². The molecule has 1 heterocycles. The van der Waals surface area contributed by atoms with Gasteiger partial charge >= 0.3 is 0 Å². The second-order valence-electron chi connectivity index (χ2n) is 2.89. The predicted octanol–water partition coefficient (Wildman–Crippen LogP) is 2.13. The molecule has 8 heteroatoms. The normalized spacial score (nSPS) is 11.5. The third kappa shape index (κ3) is 2.28. The number of pyridine rings is 1. The number of halogens is 3. The molecule has 1 rings (SSSR count). The molecule has 0 atom stereocenters. The minimum atomic E-state index is -4.40. The summed E-state index contributed by atoms with van der Waals surface area (Å²) in [6.45, 7) is 1.38. The van der Waals surface area contributed by atoms with Gasteiger partial charge in [0.2, 0.25) is 0 Å². The number of rotatable bonds is 2. The lowest BCUT2D eigenvalue weighted by Crippen LogP contribution is -2.06. The summed E-state index contributed by atoms with van der Waals surface area (Å²) < 4.78 is 47.3. The van der Waals surface area contributed by atoms with E-state index in [1.807, 2.05) is 0 Å². The summed E-state index contributed by atoms with van der Waals surface area (Å²) in [5.74, 6) is 0. The molecule has 0 aliphatic heterocycles. The van der Waals surface area contributed by atoms with Crippen molar-refractivity contribution in [2.45, 2.75) is 18.4 Å². The van der Waals surface area contributed by atoms with Gasteiger partial charge in [0.25, 0.3) is 15.5 Å². The minimum Gasteiger partial charge on any atom is -0.243 e. The Kier molecular flexibility index (Phi) is 3.45. The smallest absolute Gasteiger partial charge is 0.243 e. The van der Waals surface area contributed by atoms with Gasteiger partial charge in [0.05, 0.1) is 11.1 Å². The second kappa shape index (κ2) is 4.31. The summed E-state index contributed by atoms with van der Waals surface area (Å²) in [5, 5.41) is 7.72. The molecular formula is C8H5ClF2N2O2S. The van der Waals surface area contributed by atoms with Crippen LogP contribution in [0.25, 0.3) is 0 Å². The molecular weight excluding hydrogens is 262 g/mol. The first kappa shape index (κ1) is 12.8. The van der Waals surface area contributed by atoms with Crippen LogP contribution in [0.3, 0.4) is 0 Å². The Bertz CT molecular complexity index is 566. The number of alkyl halides is 2. The predicted molar refractivity (Wildman–Crippen MR) is 51.7 cm³/mol. The lowest BCUT2D eigenvalue weighted by Gasteiger charge is -2.08. The molecule has 4 nitrogen and oxygen atoms in total. The molecule has 0 saturated heterocycles. The Labute approximate surface area is 94.9 Å². The lowest BCUT2D eigenvalue weighted by atomic mass is 10.1. The Morgan fingerprint density at radius 2 is 2.12 bits per heavy atom. The molecule has 1 aromatic rings. The first-order valence-corrected chi connectivity index (χ1v) is 6.22. The molecule has 0 bridgehead atoms. The van der Waals surface area contributed by atoms with E-state index in [-0.39, 0.29) is 5.56 Å². The van der Waals surface area contributed by atoms with Crippen LogP contribution in [0.2, 0.25) is 0 Å². The van der Waals surface area contributed by atoms with E-state index in [1.54, 1.807) is 0 Å². The van der Waals surface area contributed by atoms with Crippen molar-refractivity contribution < 1.29 is 17.2 Å². The average molecular weight is 267 g/mol. The van der Waals surface area contributed by atoms with Gasteiger partial charge in [-0.1, -0.05) is 0 Å². The third-order valence-electron chi connectivity index (χ3n) is 1.83. The van der Waals surface area contributed by atoms with Crippen molar-refractivity contribution in [2.24, 2.45) is 0 Å². The molecule has 0 unspecified atom stereocenters. The average Bonchev–Trinajstić information content (AvgIpc) is 2.14. The molecule has 0 aliphatic rings. The summed E-state index contributed by atoms with van der Waals surface area (Å²) in [5.41, 5.74) is -1.19. The van der Waals surface area contributed by atoms with Gasteiger partial charge in [-0.3, -0.25) is 0 Å². The van der Waals surface area contributed by atoms with Gasteiger partial charge < -0.3 is 0 Å².